The molecule has 0 fully saturated rings. The highest BCUT2D eigenvalue weighted by molar-refractivity contribution is 7.07. The fourth-order valence-corrected chi connectivity index (χ4v) is 2.02. The summed E-state index contributed by atoms with van der Waals surface area (Å²) in [6.45, 7) is 2.02. The molecule has 16 heavy (non-hydrogen) atoms. The number of benzene rings is 1. The monoisotopic (exact) mass is 229 g/mol. The zero-order valence-electron chi connectivity index (χ0n) is 8.84. The molecule has 1 aromatic carbocycles. The summed E-state index contributed by atoms with van der Waals surface area (Å²) in [5.41, 5.74) is 4.62. The van der Waals surface area contributed by atoms with Crippen molar-refractivity contribution in [2.24, 2.45) is 0 Å². The van der Waals surface area contributed by atoms with Crippen LogP contribution in [0.2, 0.25) is 0 Å². The first-order valence-corrected chi connectivity index (χ1v) is 5.85. The molecule has 2 rings (SSSR count). The zero-order chi connectivity index (χ0) is 11.4. The third-order valence-corrected chi connectivity index (χ3v) is 2.81. The molecule has 1 heterocycles. The molecule has 1 unspecified atom stereocenters. The maximum Gasteiger partial charge on any atom is 0.158 e. The number of nitrogens with one attached hydrogen (secondary N) is 1. The van der Waals surface area contributed by atoms with Crippen LogP contribution in [-0.2, 0) is 0 Å². The highest BCUT2D eigenvalue weighted by Gasteiger charge is 2.11. The largest absolute Gasteiger partial charge is 0.365 e. The van der Waals surface area contributed by atoms with Crippen LogP contribution in [-0.4, -0.2) is 4.98 Å². The standard InChI is InChI=1S/C12H11N3S/c1-9-3-2-4-10(5-9)15-11(6-13)12-7-16-8-14-12/h2-5,7-8,11,15H,1H3. The van der Waals surface area contributed by atoms with Crippen LogP contribution in [0, 0.1) is 18.3 Å². The molecule has 2 aromatic rings. The minimum Gasteiger partial charge on any atom is -0.365 e. The Morgan fingerprint density at radius 2 is 2.38 bits per heavy atom. The van der Waals surface area contributed by atoms with Gasteiger partial charge in [0.05, 0.1) is 17.3 Å². The smallest absolute Gasteiger partial charge is 0.158 e. The lowest BCUT2D eigenvalue weighted by Crippen LogP contribution is -2.08. The summed E-state index contributed by atoms with van der Waals surface area (Å²) in [5, 5.41) is 14.1. The molecule has 80 valence electrons. The normalized spacial score (nSPS) is 11.8. The van der Waals surface area contributed by atoms with Crippen molar-refractivity contribution in [1.82, 2.24) is 4.98 Å². The van der Waals surface area contributed by atoms with Gasteiger partial charge in [0, 0.05) is 11.1 Å². The Kier molecular flexibility index (Phi) is 3.18. The highest BCUT2D eigenvalue weighted by atomic mass is 32.1. The van der Waals surface area contributed by atoms with Gasteiger partial charge in [0.1, 0.15) is 0 Å². The summed E-state index contributed by atoms with van der Waals surface area (Å²) in [6, 6.07) is 9.77. The van der Waals surface area contributed by atoms with Crippen LogP contribution >= 0.6 is 11.3 Å². The SMILES string of the molecule is Cc1cccc(NC(C#N)c2cscn2)c1. The molecule has 0 aliphatic rings. The summed E-state index contributed by atoms with van der Waals surface area (Å²) >= 11 is 1.49. The van der Waals surface area contributed by atoms with Crippen molar-refractivity contribution in [2.75, 3.05) is 5.32 Å². The zero-order valence-corrected chi connectivity index (χ0v) is 9.66. The predicted molar refractivity (Wildman–Crippen MR) is 65.3 cm³/mol. The second-order valence-corrected chi connectivity index (χ2v) is 4.21. The lowest BCUT2D eigenvalue weighted by Gasteiger charge is -2.10. The van der Waals surface area contributed by atoms with Crippen molar-refractivity contribution in [1.29, 1.82) is 5.26 Å². The maximum atomic E-state index is 9.08. The van der Waals surface area contributed by atoms with Gasteiger partial charge in [-0.1, -0.05) is 12.1 Å². The van der Waals surface area contributed by atoms with E-state index in [0.29, 0.717) is 0 Å². The molecule has 3 nitrogen and oxygen atoms in total. The van der Waals surface area contributed by atoms with Gasteiger partial charge in [-0.05, 0) is 24.6 Å². The Morgan fingerprint density at radius 1 is 1.50 bits per heavy atom. The fraction of sp³-hybridized carbons (Fsp3) is 0.167. The number of thiazole rings is 1. The van der Waals surface area contributed by atoms with Gasteiger partial charge in [0.25, 0.3) is 0 Å². The predicted octanol–water partition coefficient (Wildman–Crippen LogP) is 3.13. The van der Waals surface area contributed by atoms with Gasteiger partial charge in [-0.15, -0.1) is 11.3 Å². The quantitative estimate of drug-likeness (QED) is 0.879. The van der Waals surface area contributed by atoms with E-state index in [0.717, 1.165) is 11.4 Å². The van der Waals surface area contributed by atoms with Crippen LogP contribution in [0.4, 0.5) is 5.69 Å². The first-order valence-electron chi connectivity index (χ1n) is 4.90. The Bertz CT molecular complexity index is 499. The van der Waals surface area contributed by atoms with E-state index < -0.39 is 0 Å². The minimum atomic E-state index is -0.381. The van der Waals surface area contributed by atoms with E-state index in [2.05, 4.69) is 16.4 Å². The molecule has 1 aromatic heterocycles. The van der Waals surface area contributed by atoms with E-state index in [1.165, 1.54) is 16.9 Å². The molecule has 0 bridgehead atoms. The van der Waals surface area contributed by atoms with Crippen molar-refractivity contribution in [3.8, 4) is 6.07 Å². The van der Waals surface area contributed by atoms with Gasteiger partial charge in [0.15, 0.2) is 6.04 Å². The lowest BCUT2D eigenvalue weighted by molar-refractivity contribution is 0.950. The minimum absolute atomic E-state index is 0.381. The number of nitriles is 1. The number of nitrogens with zero attached hydrogens (tertiary/aromatic N) is 2. The Labute approximate surface area is 98.4 Å². The van der Waals surface area contributed by atoms with E-state index in [1.807, 2.05) is 36.6 Å². The number of hydrogen-bond acceptors (Lipinski definition) is 4. The third kappa shape index (κ3) is 2.38. The van der Waals surface area contributed by atoms with Crippen LogP contribution in [0.25, 0.3) is 0 Å². The average Bonchev–Trinajstić information content (AvgIpc) is 2.79. The van der Waals surface area contributed by atoms with Crippen molar-refractivity contribution < 1.29 is 0 Å². The Morgan fingerprint density at radius 3 is 3.00 bits per heavy atom. The number of aryl methyl sites for hydroxylation is 1. The van der Waals surface area contributed by atoms with Crippen molar-refractivity contribution in [3.05, 3.63) is 46.4 Å². The van der Waals surface area contributed by atoms with E-state index in [4.69, 9.17) is 5.26 Å². The second-order valence-electron chi connectivity index (χ2n) is 3.49. The van der Waals surface area contributed by atoms with Crippen LogP contribution in [0.5, 0.6) is 0 Å². The first kappa shape index (κ1) is 10.7. The lowest BCUT2D eigenvalue weighted by atomic mass is 10.2. The van der Waals surface area contributed by atoms with E-state index in [-0.39, 0.29) is 6.04 Å². The van der Waals surface area contributed by atoms with Crippen LogP contribution in [0.3, 0.4) is 0 Å². The van der Waals surface area contributed by atoms with Crippen LogP contribution in [0.1, 0.15) is 17.3 Å². The number of hydrogen-bond donors (Lipinski definition) is 1. The van der Waals surface area contributed by atoms with Gasteiger partial charge in [-0.2, -0.15) is 5.26 Å². The van der Waals surface area contributed by atoms with Crippen LogP contribution < -0.4 is 5.32 Å². The molecule has 0 radical (unpaired) electrons. The summed E-state index contributed by atoms with van der Waals surface area (Å²) in [4.78, 5) is 4.14. The fourth-order valence-electron chi connectivity index (χ4n) is 1.44. The summed E-state index contributed by atoms with van der Waals surface area (Å²) in [5.74, 6) is 0. The Hall–Kier alpha value is -1.86. The molecule has 0 spiro atoms. The number of rotatable bonds is 3. The van der Waals surface area contributed by atoms with Crippen molar-refractivity contribution in [2.45, 2.75) is 13.0 Å². The van der Waals surface area contributed by atoms with E-state index >= 15 is 0 Å². The molecular formula is C12H11N3S. The average molecular weight is 229 g/mol. The third-order valence-electron chi connectivity index (χ3n) is 2.21. The molecule has 0 aliphatic heterocycles. The van der Waals surface area contributed by atoms with Gasteiger partial charge >= 0.3 is 0 Å². The van der Waals surface area contributed by atoms with E-state index in [9.17, 15) is 0 Å². The molecule has 0 aliphatic carbocycles. The molecule has 1 N–H and O–H groups in total. The van der Waals surface area contributed by atoms with Gasteiger partial charge in [-0.3, -0.25) is 0 Å². The number of anilines is 1. The van der Waals surface area contributed by atoms with Crippen molar-refractivity contribution >= 4 is 17.0 Å². The molecule has 0 amide bonds. The molecular weight excluding hydrogens is 218 g/mol. The van der Waals surface area contributed by atoms with Gasteiger partial charge in [-0.25, -0.2) is 4.98 Å². The molecule has 1 atom stereocenters. The summed E-state index contributed by atoms with van der Waals surface area (Å²) in [6.07, 6.45) is 0. The number of aromatic nitrogens is 1. The summed E-state index contributed by atoms with van der Waals surface area (Å²) in [7, 11) is 0. The maximum absolute atomic E-state index is 9.08. The molecule has 0 saturated carbocycles. The van der Waals surface area contributed by atoms with Gasteiger partial charge < -0.3 is 5.32 Å². The van der Waals surface area contributed by atoms with E-state index in [1.54, 1.807) is 5.51 Å². The second kappa shape index (κ2) is 4.77. The molecule has 4 heteroatoms. The first-order chi connectivity index (χ1) is 7.79. The van der Waals surface area contributed by atoms with Gasteiger partial charge in [0.2, 0.25) is 0 Å². The Balaban J connectivity index is 2.17. The summed E-state index contributed by atoms with van der Waals surface area (Å²) < 4.78 is 0. The molecule has 0 saturated heterocycles. The highest BCUT2D eigenvalue weighted by Crippen LogP contribution is 2.19. The van der Waals surface area contributed by atoms with Crippen LogP contribution in [0.15, 0.2) is 35.2 Å². The topological polar surface area (TPSA) is 48.7 Å². The van der Waals surface area contributed by atoms with Crippen molar-refractivity contribution in [3.63, 3.8) is 0 Å².